The molecule has 0 saturated heterocycles. The minimum atomic E-state index is -0.525. The van der Waals surface area contributed by atoms with E-state index in [-0.39, 0.29) is 17.4 Å². The fourth-order valence-corrected chi connectivity index (χ4v) is 2.28. The average Bonchev–Trinajstić information content (AvgIpc) is 2.98. The average molecular weight is 339 g/mol. The molecule has 1 aliphatic rings. The molecule has 0 radical (unpaired) electrons. The van der Waals surface area contributed by atoms with E-state index in [9.17, 15) is 9.18 Å². The van der Waals surface area contributed by atoms with Crippen LogP contribution in [0.1, 0.15) is 30.9 Å². The van der Waals surface area contributed by atoms with Gasteiger partial charge in [-0.05, 0) is 54.5 Å². The molecule has 1 heterocycles. The molecule has 0 saturated carbocycles. The van der Waals surface area contributed by atoms with Gasteiger partial charge in [-0.2, -0.15) is 0 Å². The third-order valence-electron chi connectivity index (χ3n) is 3.66. The Morgan fingerprint density at radius 1 is 1.12 bits per heavy atom. The molecular formula is C20H18FNO3. The standard InChI is InChI=1S/C20H18FNO3/c1-2-3-12-24-17-10-4-14(5-11-17)13-18-20(23)25-19(22-18)15-6-8-16(21)9-7-15/h4-11,13H,2-3,12H2,1H3/b18-13-. The largest absolute Gasteiger partial charge is 0.494 e. The van der Waals surface area contributed by atoms with Gasteiger partial charge in [0.25, 0.3) is 0 Å². The Labute approximate surface area is 145 Å². The van der Waals surface area contributed by atoms with Crippen LogP contribution in [0.15, 0.2) is 59.2 Å². The number of carbonyl (C=O) groups excluding carboxylic acids is 1. The Kier molecular flexibility index (Phi) is 5.23. The van der Waals surface area contributed by atoms with E-state index in [4.69, 9.17) is 9.47 Å². The van der Waals surface area contributed by atoms with Gasteiger partial charge in [0.15, 0.2) is 5.70 Å². The molecule has 0 unspecified atom stereocenters. The van der Waals surface area contributed by atoms with Crippen LogP contribution in [0, 0.1) is 5.82 Å². The van der Waals surface area contributed by atoms with Crippen LogP contribution in [0.25, 0.3) is 6.08 Å². The topological polar surface area (TPSA) is 47.9 Å². The lowest BCUT2D eigenvalue weighted by Crippen LogP contribution is -2.05. The van der Waals surface area contributed by atoms with Crippen LogP contribution in [0.4, 0.5) is 4.39 Å². The van der Waals surface area contributed by atoms with Gasteiger partial charge in [-0.1, -0.05) is 25.5 Å². The quantitative estimate of drug-likeness (QED) is 0.447. The summed E-state index contributed by atoms with van der Waals surface area (Å²) in [5.74, 6) is 0.0872. The molecule has 0 amide bonds. The highest BCUT2D eigenvalue weighted by Gasteiger charge is 2.24. The molecule has 0 aliphatic carbocycles. The fourth-order valence-electron chi connectivity index (χ4n) is 2.28. The van der Waals surface area contributed by atoms with Crippen molar-refractivity contribution < 1.29 is 18.7 Å². The van der Waals surface area contributed by atoms with Crippen molar-refractivity contribution in [1.82, 2.24) is 0 Å². The highest BCUT2D eigenvalue weighted by molar-refractivity contribution is 6.12. The van der Waals surface area contributed by atoms with E-state index in [2.05, 4.69) is 11.9 Å². The molecule has 128 valence electrons. The Morgan fingerprint density at radius 2 is 1.84 bits per heavy atom. The van der Waals surface area contributed by atoms with Gasteiger partial charge in [0.1, 0.15) is 11.6 Å². The SMILES string of the molecule is CCCCOc1ccc(/C=C2\N=C(c3ccc(F)cc3)OC2=O)cc1. The predicted octanol–water partition coefficient (Wildman–Crippen LogP) is 4.35. The maximum atomic E-state index is 13.0. The van der Waals surface area contributed by atoms with Crippen molar-refractivity contribution >= 4 is 17.9 Å². The molecule has 2 aromatic carbocycles. The van der Waals surface area contributed by atoms with Gasteiger partial charge in [0.2, 0.25) is 5.90 Å². The molecule has 0 spiro atoms. The summed E-state index contributed by atoms with van der Waals surface area (Å²) < 4.78 is 23.7. The number of cyclic esters (lactones) is 1. The van der Waals surface area contributed by atoms with Crippen molar-refractivity contribution in [1.29, 1.82) is 0 Å². The highest BCUT2D eigenvalue weighted by atomic mass is 19.1. The second-order valence-corrected chi connectivity index (χ2v) is 5.61. The van der Waals surface area contributed by atoms with E-state index in [0.717, 1.165) is 24.2 Å². The second kappa shape index (κ2) is 7.75. The van der Waals surface area contributed by atoms with Crippen LogP contribution in [-0.4, -0.2) is 18.5 Å². The van der Waals surface area contributed by atoms with Gasteiger partial charge in [-0.15, -0.1) is 0 Å². The van der Waals surface area contributed by atoms with Crippen molar-refractivity contribution in [3.05, 3.63) is 71.2 Å². The third-order valence-corrected chi connectivity index (χ3v) is 3.66. The monoisotopic (exact) mass is 339 g/mol. The molecule has 0 atom stereocenters. The lowest BCUT2D eigenvalue weighted by Gasteiger charge is -2.05. The summed E-state index contributed by atoms with van der Waals surface area (Å²) in [6.45, 7) is 2.80. The summed E-state index contributed by atoms with van der Waals surface area (Å²) >= 11 is 0. The fraction of sp³-hybridized carbons (Fsp3) is 0.200. The number of esters is 1. The molecule has 25 heavy (non-hydrogen) atoms. The van der Waals surface area contributed by atoms with Crippen molar-refractivity contribution in [2.75, 3.05) is 6.61 Å². The molecule has 1 aliphatic heterocycles. The number of rotatable bonds is 6. The van der Waals surface area contributed by atoms with Gasteiger partial charge >= 0.3 is 5.97 Å². The van der Waals surface area contributed by atoms with Crippen LogP contribution in [0.3, 0.4) is 0 Å². The lowest BCUT2D eigenvalue weighted by molar-refractivity contribution is -0.129. The number of halogens is 1. The summed E-state index contributed by atoms with van der Waals surface area (Å²) in [4.78, 5) is 16.2. The molecule has 0 fully saturated rings. The van der Waals surface area contributed by atoms with E-state index in [1.165, 1.54) is 24.3 Å². The molecule has 0 aromatic heterocycles. The van der Waals surface area contributed by atoms with E-state index in [1.54, 1.807) is 6.08 Å². The van der Waals surface area contributed by atoms with E-state index in [1.807, 2.05) is 24.3 Å². The summed E-state index contributed by atoms with van der Waals surface area (Å²) in [7, 11) is 0. The zero-order valence-corrected chi connectivity index (χ0v) is 13.9. The van der Waals surface area contributed by atoms with Crippen molar-refractivity contribution in [3.8, 4) is 5.75 Å². The number of unbranched alkanes of at least 4 members (excludes halogenated alkanes) is 1. The molecule has 0 N–H and O–H groups in total. The maximum Gasteiger partial charge on any atom is 0.363 e. The van der Waals surface area contributed by atoms with Gasteiger partial charge in [-0.25, -0.2) is 14.2 Å². The molecule has 4 nitrogen and oxygen atoms in total. The summed E-state index contributed by atoms with van der Waals surface area (Å²) in [5.41, 5.74) is 1.58. The van der Waals surface area contributed by atoms with E-state index < -0.39 is 5.97 Å². The van der Waals surface area contributed by atoms with Crippen molar-refractivity contribution in [2.45, 2.75) is 19.8 Å². The zero-order valence-electron chi connectivity index (χ0n) is 13.9. The normalized spacial score (nSPS) is 15.2. The van der Waals surface area contributed by atoms with Gasteiger partial charge in [0.05, 0.1) is 6.61 Å². The molecule has 2 aromatic rings. The molecule has 3 rings (SSSR count). The highest BCUT2D eigenvalue weighted by Crippen LogP contribution is 2.21. The maximum absolute atomic E-state index is 13.0. The number of hydrogen-bond donors (Lipinski definition) is 0. The Bertz CT molecular complexity index is 808. The van der Waals surface area contributed by atoms with Crippen LogP contribution in [0.5, 0.6) is 5.75 Å². The number of benzene rings is 2. The van der Waals surface area contributed by atoms with Crippen molar-refractivity contribution in [2.24, 2.45) is 4.99 Å². The van der Waals surface area contributed by atoms with Gasteiger partial charge < -0.3 is 9.47 Å². The first kappa shape index (κ1) is 16.9. The third kappa shape index (κ3) is 4.32. The Morgan fingerprint density at radius 3 is 2.52 bits per heavy atom. The number of nitrogens with zero attached hydrogens (tertiary/aromatic N) is 1. The molecular weight excluding hydrogens is 321 g/mol. The summed E-state index contributed by atoms with van der Waals surface area (Å²) in [6, 6.07) is 13.1. The molecule has 5 heteroatoms. The predicted molar refractivity (Wildman–Crippen MR) is 93.9 cm³/mol. The van der Waals surface area contributed by atoms with Crippen LogP contribution >= 0.6 is 0 Å². The minimum Gasteiger partial charge on any atom is -0.494 e. The number of ether oxygens (including phenoxy) is 2. The number of hydrogen-bond acceptors (Lipinski definition) is 4. The second-order valence-electron chi connectivity index (χ2n) is 5.61. The van der Waals surface area contributed by atoms with Crippen LogP contribution in [-0.2, 0) is 9.53 Å². The number of aliphatic imine (C=N–C) groups is 1. The lowest BCUT2D eigenvalue weighted by atomic mass is 10.2. The summed E-state index contributed by atoms with van der Waals surface area (Å²) in [6.07, 6.45) is 3.74. The van der Waals surface area contributed by atoms with Crippen LogP contribution in [0.2, 0.25) is 0 Å². The minimum absolute atomic E-state index is 0.177. The summed E-state index contributed by atoms with van der Waals surface area (Å²) in [5, 5.41) is 0. The molecule has 0 bridgehead atoms. The van der Waals surface area contributed by atoms with E-state index in [0.29, 0.717) is 12.2 Å². The van der Waals surface area contributed by atoms with Crippen molar-refractivity contribution in [3.63, 3.8) is 0 Å². The van der Waals surface area contributed by atoms with Gasteiger partial charge in [0, 0.05) is 5.56 Å². The first-order valence-electron chi connectivity index (χ1n) is 8.17. The Balaban J connectivity index is 1.74. The number of carbonyl (C=O) groups is 1. The zero-order chi connectivity index (χ0) is 17.6. The Hall–Kier alpha value is -2.95. The van der Waals surface area contributed by atoms with Gasteiger partial charge in [-0.3, -0.25) is 0 Å². The first-order chi connectivity index (χ1) is 12.2. The van der Waals surface area contributed by atoms with Crippen LogP contribution < -0.4 is 4.74 Å². The first-order valence-corrected chi connectivity index (χ1v) is 8.17. The van der Waals surface area contributed by atoms with E-state index >= 15 is 0 Å². The smallest absolute Gasteiger partial charge is 0.363 e.